The Kier molecular flexibility index (Phi) is 4.77. The average molecular weight is 378 g/mol. The maximum absolute atomic E-state index is 13.1. The summed E-state index contributed by atoms with van der Waals surface area (Å²) in [5.74, 6) is 1.44. The van der Waals surface area contributed by atoms with Crippen LogP contribution in [0.15, 0.2) is 47.0 Å². The van der Waals surface area contributed by atoms with Crippen LogP contribution in [0.3, 0.4) is 0 Å². The van der Waals surface area contributed by atoms with Gasteiger partial charge < -0.3 is 19.3 Å². The van der Waals surface area contributed by atoms with Gasteiger partial charge in [0.2, 0.25) is 0 Å². The zero-order chi connectivity index (χ0) is 19.7. The van der Waals surface area contributed by atoms with Crippen LogP contribution in [0.2, 0.25) is 0 Å². The highest BCUT2D eigenvalue weighted by molar-refractivity contribution is 6.01. The first kappa shape index (κ1) is 18.1. The third-order valence-corrected chi connectivity index (χ3v) is 5.09. The lowest BCUT2D eigenvalue weighted by atomic mass is 10.0. The number of nitrogens with one attached hydrogen (secondary N) is 1. The molecule has 0 atom stereocenters. The van der Waals surface area contributed by atoms with Crippen LogP contribution in [0.5, 0.6) is 11.5 Å². The van der Waals surface area contributed by atoms with Gasteiger partial charge in [-0.25, -0.2) is 0 Å². The number of aryl methyl sites for hydroxylation is 1. The maximum atomic E-state index is 13.1. The van der Waals surface area contributed by atoms with Crippen molar-refractivity contribution in [3.8, 4) is 22.8 Å². The van der Waals surface area contributed by atoms with Crippen LogP contribution in [-0.4, -0.2) is 31.3 Å². The summed E-state index contributed by atoms with van der Waals surface area (Å²) in [6, 6.07) is 13.7. The molecule has 1 aliphatic rings. The van der Waals surface area contributed by atoms with Crippen LogP contribution in [0.1, 0.15) is 27.2 Å². The number of aromatic nitrogens is 1. The predicted molar refractivity (Wildman–Crippen MR) is 105 cm³/mol. The number of amides is 1. The molecule has 28 heavy (non-hydrogen) atoms. The molecule has 1 aliphatic carbocycles. The Morgan fingerprint density at radius 2 is 1.68 bits per heavy atom. The largest absolute Gasteiger partial charge is 0.497 e. The molecule has 1 aromatic heterocycles. The minimum absolute atomic E-state index is 0.0619. The first-order valence-corrected chi connectivity index (χ1v) is 9.16. The highest BCUT2D eigenvalue weighted by Gasteiger charge is 2.27. The van der Waals surface area contributed by atoms with Gasteiger partial charge >= 0.3 is 0 Å². The van der Waals surface area contributed by atoms with E-state index in [1.54, 1.807) is 39.3 Å². The topological polar surface area (TPSA) is 73.6 Å². The van der Waals surface area contributed by atoms with Gasteiger partial charge in [-0.2, -0.15) is 0 Å². The van der Waals surface area contributed by atoms with Gasteiger partial charge in [0.15, 0.2) is 5.76 Å². The van der Waals surface area contributed by atoms with Gasteiger partial charge in [0.05, 0.1) is 19.9 Å². The molecule has 2 aromatic carbocycles. The van der Waals surface area contributed by atoms with Crippen LogP contribution < -0.4 is 14.8 Å². The molecule has 144 valence electrons. The van der Waals surface area contributed by atoms with E-state index in [1.165, 1.54) is 11.1 Å². The van der Waals surface area contributed by atoms with E-state index in [-0.39, 0.29) is 11.9 Å². The number of carbonyl (C=O) groups excluding carboxylic acids is 1. The summed E-state index contributed by atoms with van der Waals surface area (Å²) < 4.78 is 16.2. The molecule has 6 heteroatoms. The third-order valence-electron chi connectivity index (χ3n) is 5.09. The van der Waals surface area contributed by atoms with Crippen LogP contribution >= 0.6 is 0 Å². The second kappa shape index (κ2) is 7.38. The minimum Gasteiger partial charge on any atom is -0.497 e. The summed E-state index contributed by atoms with van der Waals surface area (Å²) in [4.78, 5) is 13.1. The highest BCUT2D eigenvalue weighted by Crippen LogP contribution is 2.33. The van der Waals surface area contributed by atoms with Crippen molar-refractivity contribution in [2.24, 2.45) is 0 Å². The third kappa shape index (κ3) is 3.33. The van der Waals surface area contributed by atoms with Crippen molar-refractivity contribution in [2.45, 2.75) is 25.8 Å². The van der Waals surface area contributed by atoms with E-state index in [2.05, 4.69) is 22.6 Å². The first-order valence-electron chi connectivity index (χ1n) is 9.16. The van der Waals surface area contributed by atoms with Crippen molar-refractivity contribution >= 4 is 5.91 Å². The van der Waals surface area contributed by atoms with Gasteiger partial charge in [-0.05, 0) is 43.0 Å². The molecule has 1 amide bonds. The van der Waals surface area contributed by atoms with E-state index >= 15 is 0 Å². The summed E-state index contributed by atoms with van der Waals surface area (Å²) in [7, 11) is 3.16. The summed E-state index contributed by atoms with van der Waals surface area (Å²) in [5, 5.41) is 7.16. The lowest BCUT2D eigenvalue weighted by Gasteiger charge is -2.13. The van der Waals surface area contributed by atoms with Crippen molar-refractivity contribution in [1.82, 2.24) is 10.5 Å². The van der Waals surface area contributed by atoms with Gasteiger partial charge in [0.1, 0.15) is 17.1 Å². The van der Waals surface area contributed by atoms with Crippen molar-refractivity contribution in [3.05, 3.63) is 64.8 Å². The summed E-state index contributed by atoms with van der Waals surface area (Å²) >= 11 is 0. The Hall–Kier alpha value is -3.28. The van der Waals surface area contributed by atoms with E-state index < -0.39 is 0 Å². The fourth-order valence-corrected chi connectivity index (χ4v) is 3.69. The molecule has 0 unspecified atom stereocenters. The molecule has 3 aromatic rings. The summed E-state index contributed by atoms with van der Waals surface area (Å²) in [6.07, 6.45) is 1.66. The standard InChI is InChI=1S/C22H22N2O4/c1-13-20(22(25)23-17-8-14-6-4-5-7-15(14)9-17)21(28-24-13)16-10-18(26-2)12-19(11-16)27-3/h4-7,10-12,17H,8-9H2,1-3H3,(H,23,25). The van der Waals surface area contributed by atoms with E-state index in [0.29, 0.717) is 34.1 Å². The Labute approximate surface area is 163 Å². The molecule has 1 N–H and O–H groups in total. The van der Waals surface area contributed by atoms with E-state index in [4.69, 9.17) is 14.0 Å². The summed E-state index contributed by atoms with van der Waals surface area (Å²) in [6.45, 7) is 1.77. The zero-order valence-electron chi connectivity index (χ0n) is 16.1. The number of benzene rings is 2. The molecule has 0 saturated heterocycles. The highest BCUT2D eigenvalue weighted by atomic mass is 16.5. The Morgan fingerprint density at radius 3 is 2.25 bits per heavy atom. The molecular weight excluding hydrogens is 356 g/mol. The number of fused-ring (bicyclic) bond motifs is 1. The molecule has 0 saturated carbocycles. The molecule has 0 spiro atoms. The molecule has 0 aliphatic heterocycles. The van der Waals surface area contributed by atoms with Crippen molar-refractivity contribution in [2.75, 3.05) is 14.2 Å². The number of rotatable bonds is 5. The number of hydrogen-bond donors (Lipinski definition) is 1. The molecule has 0 radical (unpaired) electrons. The van der Waals surface area contributed by atoms with Crippen LogP contribution in [-0.2, 0) is 12.8 Å². The van der Waals surface area contributed by atoms with Gasteiger partial charge in [-0.15, -0.1) is 0 Å². The fourth-order valence-electron chi connectivity index (χ4n) is 3.69. The van der Waals surface area contributed by atoms with Gasteiger partial charge in [0, 0.05) is 17.7 Å². The molecule has 0 bridgehead atoms. The second-order valence-corrected chi connectivity index (χ2v) is 6.92. The van der Waals surface area contributed by atoms with Crippen molar-refractivity contribution < 1.29 is 18.8 Å². The average Bonchev–Trinajstić information content (AvgIpc) is 3.30. The Morgan fingerprint density at radius 1 is 1.07 bits per heavy atom. The molecule has 6 nitrogen and oxygen atoms in total. The lowest BCUT2D eigenvalue weighted by Crippen LogP contribution is -2.35. The quantitative estimate of drug-likeness (QED) is 0.735. The van der Waals surface area contributed by atoms with Gasteiger partial charge in [-0.3, -0.25) is 4.79 Å². The van der Waals surface area contributed by atoms with Crippen molar-refractivity contribution in [1.29, 1.82) is 0 Å². The molecule has 0 fully saturated rings. The first-order chi connectivity index (χ1) is 13.6. The van der Waals surface area contributed by atoms with Crippen LogP contribution in [0, 0.1) is 6.92 Å². The van der Waals surface area contributed by atoms with Crippen LogP contribution in [0.25, 0.3) is 11.3 Å². The molecule has 1 heterocycles. The molecular formula is C22H22N2O4. The monoisotopic (exact) mass is 378 g/mol. The van der Waals surface area contributed by atoms with Crippen LogP contribution in [0.4, 0.5) is 0 Å². The SMILES string of the molecule is COc1cc(OC)cc(-c2onc(C)c2C(=O)NC2Cc3ccccc3C2)c1. The number of carbonyl (C=O) groups is 1. The fraction of sp³-hybridized carbons (Fsp3) is 0.273. The zero-order valence-corrected chi connectivity index (χ0v) is 16.1. The smallest absolute Gasteiger partial charge is 0.257 e. The van der Waals surface area contributed by atoms with Crippen molar-refractivity contribution in [3.63, 3.8) is 0 Å². The van der Waals surface area contributed by atoms with E-state index in [0.717, 1.165) is 12.8 Å². The maximum Gasteiger partial charge on any atom is 0.257 e. The minimum atomic E-state index is -0.187. The number of methoxy groups -OCH3 is 2. The number of ether oxygens (including phenoxy) is 2. The van der Waals surface area contributed by atoms with E-state index in [1.807, 2.05) is 12.1 Å². The molecule has 4 rings (SSSR count). The predicted octanol–water partition coefficient (Wildman–Crippen LogP) is 3.56. The normalized spacial score (nSPS) is 13.2. The lowest BCUT2D eigenvalue weighted by molar-refractivity contribution is 0.0938. The Balaban J connectivity index is 1.61. The Bertz CT molecular complexity index is 978. The number of hydrogen-bond acceptors (Lipinski definition) is 5. The van der Waals surface area contributed by atoms with E-state index in [9.17, 15) is 4.79 Å². The second-order valence-electron chi connectivity index (χ2n) is 6.92. The summed E-state index contributed by atoms with van der Waals surface area (Å²) in [5.41, 5.74) is 4.23. The number of nitrogens with zero attached hydrogens (tertiary/aromatic N) is 1. The van der Waals surface area contributed by atoms with Gasteiger partial charge in [-0.1, -0.05) is 29.4 Å². The van der Waals surface area contributed by atoms with Gasteiger partial charge in [0.25, 0.3) is 5.91 Å².